The van der Waals surface area contributed by atoms with Gasteiger partial charge in [0.25, 0.3) is 0 Å². The Labute approximate surface area is 224 Å². The van der Waals surface area contributed by atoms with Gasteiger partial charge >= 0.3 is 0 Å². The zero-order valence-electron chi connectivity index (χ0n) is 22.0. The normalized spacial score (nSPS) is 19.2. The molecule has 0 saturated carbocycles. The molecular weight excluding hydrogens is 496 g/mol. The Hall–Kier alpha value is -2.60. The van der Waals surface area contributed by atoms with E-state index in [-0.39, 0.29) is 0 Å². The number of ether oxygens (including phenoxy) is 10. The van der Waals surface area contributed by atoms with Crippen molar-refractivity contribution in [3.05, 3.63) is 48.5 Å². The van der Waals surface area contributed by atoms with Gasteiger partial charge in [0.05, 0.1) is 79.3 Å². The monoisotopic (exact) mass is 536 g/mol. The molecule has 212 valence electrons. The summed E-state index contributed by atoms with van der Waals surface area (Å²) >= 11 is 0. The van der Waals surface area contributed by atoms with Crippen LogP contribution in [0.4, 0.5) is 0 Å². The molecule has 0 saturated heterocycles. The van der Waals surface area contributed by atoms with Gasteiger partial charge in [-0.1, -0.05) is 0 Å². The fourth-order valence-electron chi connectivity index (χ4n) is 3.22. The van der Waals surface area contributed by atoms with E-state index >= 15 is 0 Å². The fraction of sp³-hybridized carbons (Fsp3) is 0.571. The summed E-state index contributed by atoms with van der Waals surface area (Å²) in [7, 11) is 0. The van der Waals surface area contributed by atoms with Crippen LogP contribution in [0.1, 0.15) is 0 Å². The molecule has 0 radical (unpaired) electrons. The lowest BCUT2D eigenvalue weighted by Gasteiger charge is -2.11. The Morgan fingerprint density at radius 1 is 0.237 bits per heavy atom. The van der Waals surface area contributed by atoms with Gasteiger partial charge in [-0.25, -0.2) is 0 Å². The minimum atomic E-state index is 0.459. The molecule has 10 nitrogen and oxygen atoms in total. The van der Waals surface area contributed by atoms with Gasteiger partial charge in [-0.15, -0.1) is 0 Å². The molecule has 4 bridgehead atoms. The van der Waals surface area contributed by atoms with Crippen LogP contribution < -0.4 is 18.9 Å². The highest BCUT2D eigenvalue weighted by Gasteiger charge is 2.00. The van der Waals surface area contributed by atoms with Crippen molar-refractivity contribution in [2.45, 2.75) is 0 Å². The van der Waals surface area contributed by atoms with Gasteiger partial charge < -0.3 is 47.4 Å². The molecule has 0 aliphatic carbocycles. The first-order valence-corrected chi connectivity index (χ1v) is 13.1. The van der Waals surface area contributed by atoms with Crippen LogP contribution in [-0.2, 0) is 28.4 Å². The molecule has 4 aliphatic heterocycles. The molecule has 0 amide bonds. The summed E-state index contributed by atoms with van der Waals surface area (Å²) < 4.78 is 55.9. The molecule has 0 unspecified atom stereocenters. The predicted molar refractivity (Wildman–Crippen MR) is 140 cm³/mol. The topological polar surface area (TPSA) is 92.3 Å². The third-order valence-electron chi connectivity index (χ3n) is 5.12. The van der Waals surface area contributed by atoms with E-state index in [9.17, 15) is 0 Å². The van der Waals surface area contributed by atoms with Crippen molar-refractivity contribution < 1.29 is 47.4 Å². The lowest BCUT2D eigenvalue weighted by Crippen LogP contribution is -2.14. The molecule has 10 heteroatoms. The molecule has 2 aromatic carbocycles. The minimum Gasteiger partial charge on any atom is -0.491 e. The lowest BCUT2D eigenvalue weighted by atomic mass is 10.3. The smallest absolute Gasteiger partial charge is 0.119 e. The number of rotatable bonds is 0. The van der Waals surface area contributed by atoms with Crippen molar-refractivity contribution >= 4 is 0 Å². The summed E-state index contributed by atoms with van der Waals surface area (Å²) in [5, 5.41) is 0. The van der Waals surface area contributed by atoms with Gasteiger partial charge in [-0.2, -0.15) is 0 Å². The van der Waals surface area contributed by atoms with Crippen LogP contribution in [0.5, 0.6) is 23.0 Å². The molecule has 0 N–H and O–H groups in total. The van der Waals surface area contributed by atoms with Crippen molar-refractivity contribution in [1.29, 1.82) is 0 Å². The zero-order chi connectivity index (χ0) is 26.4. The van der Waals surface area contributed by atoms with E-state index in [4.69, 9.17) is 47.4 Å². The van der Waals surface area contributed by atoms with Crippen LogP contribution in [-0.4, -0.2) is 106 Å². The van der Waals surface area contributed by atoms with Crippen molar-refractivity contribution in [2.75, 3.05) is 106 Å². The lowest BCUT2D eigenvalue weighted by molar-refractivity contribution is 0.00468. The van der Waals surface area contributed by atoms with Gasteiger partial charge in [-0.3, -0.25) is 0 Å². The molecule has 2 aromatic rings. The predicted octanol–water partition coefficient (Wildman–Crippen LogP) is 3.02. The number of benzene rings is 2. The summed E-state index contributed by atoms with van der Waals surface area (Å²) in [4.78, 5) is 0. The highest BCUT2D eigenvalue weighted by molar-refractivity contribution is 5.32. The maximum Gasteiger partial charge on any atom is 0.119 e. The summed E-state index contributed by atoms with van der Waals surface area (Å²) in [6.07, 6.45) is 0. The molecule has 0 atom stereocenters. The van der Waals surface area contributed by atoms with E-state index in [2.05, 4.69) is 0 Å². The first kappa shape index (κ1) is 29.9. The van der Waals surface area contributed by atoms with E-state index in [0.717, 1.165) is 23.0 Å². The standard InChI is InChI=1S/C28H40O10/c1-2-26-4-3-25(1)35-21-17-31-13-9-29-11-15-33-19-23-37-27-5-7-28(8-6-27)38-24-20-34-16-12-30-10-14-32-18-22-36-26/h1-8H,9-24H2. The summed E-state index contributed by atoms with van der Waals surface area (Å²) in [6, 6.07) is 15.0. The number of hydrogen-bond acceptors (Lipinski definition) is 10. The average molecular weight is 537 g/mol. The summed E-state index contributed by atoms with van der Waals surface area (Å²) in [6.45, 7) is 7.78. The Balaban J connectivity index is 1.31. The first-order chi connectivity index (χ1) is 18.9. The van der Waals surface area contributed by atoms with Gasteiger partial charge in [0.2, 0.25) is 0 Å². The third kappa shape index (κ3) is 14.4. The quantitative estimate of drug-likeness (QED) is 0.500. The third-order valence-corrected chi connectivity index (χ3v) is 5.12. The molecule has 38 heavy (non-hydrogen) atoms. The fourth-order valence-corrected chi connectivity index (χ4v) is 3.22. The van der Waals surface area contributed by atoms with Crippen molar-refractivity contribution in [3.8, 4) is 23.0 Å². The van der Waals surface area contributed by atoms with Gasteiger partial charge in [-0.05, 0) is 48.5 Å². The Kier molecular flexibility index (Phi) is 16.1. The number of hydrogen-bond donors (Lipinski definition) is 0. The highest BCUT2D eigenvalue weighted by atomic mass is 16.6. The largest absolute Gasteiger partial charge is 0.491 e. The Bertz CT molecular complexity index is 680. The molecule has 0 aromatic heterocycles. The molecule has 4 aliphatic rings. The van der Waals surface area contributed by atoms with Crippen LogP contribution in [0.25, 0.3) is 0 Å². The Morgan fingerprint density at radius 2 is 0.395 bits per heavy atom. The molecule has 4 heterocycles. The van der Waals surface area contributed by atoms with Gasteiger partial charge in [0, 0.05) is 0 Å². The van der Waals surface area contributed by atoms with Gasteiger partial charge in [0.15, 0.2) is 0 Å². The molecule has 0 spiro atoms. The van der Waals surface area contributed by atoms with Crippen LogP contribution >= 0.6 is 0 Å². The molecule has 6 rings (SSSR count). The first-order valence-electron chi connectivity index (χ1n) is 13.1. The van der Waals surface area contributed by atoms with Crippen molar-refractivity contribution in [3.63, 3.8) is 0 Å². The molecular formula is C28H40O10. The van der Waals surface area contributed by atoms with E-state index in [1.807, 2.05) is 48.5 Å². The summed E-state index contributed by atoms with van der Waals surface area (Å²) in [5.41, 5.74) is 0. The van der Waals surface area contributed by atoms with Gasteiger partial charge in [0.1, 0.15) is 49.4 Å². The van der Waals surface area contributed by atoms with Crippen molar-refractivity contribution in [1.82, 2.24) is 0 Å². The SMILES string of the molecule is c1cc2ccc1OCCOCCOCCOCCOc1ccc(cc1)OCCOCCOCCOCCO2. The van der Waals surface area contributed by atoms with E-state index in [0.29, 0.717) is 106 Å². The highest BCUT2D eigenvalue weighted by Crippen LogP contribution is 2.18. The van der Waals surface area contributed by atoms with Crippen LogP contribution in [0.2, 0.25) is 0 Å². The molecule has 0 fully saturated rings. The van der Waals surface area contributed by atoms with Crippen molar-refractivity contribution in [2.24, 2.45) is 0 Å². The van der Waals surface area contributed by atoms with Crippen LogP contribution in [0, 0.1) is 0 Å². The van der Waals surface area contributed by atoms with E-state index < -0.39 is 0 Å². The van der Waals surface area contributed by atoms with Crippen LogP contribution in [0.15, 0.2) is 48.5 Å². The second kappa shape index (κ2) is 20.4. The second-order valence-electron chi connectivity index (χ2n) is 8.01. The second-order valence-corrected chi connectivity index (χ2v) is 8.01. The maximum absolute atomic E-state index is 5.68. The maximum atomic E-state index is 5.68. The van der Waals surface area contributed by atoms with E-state index in [1.54, 1.807) is 0 Å². The average Bonchev–Trinajstić information content (AvgIpc) is 2.95. The minimum absolute atomic E-state index is 0.459. The zero-order valence-corrected chi connectivity index (χ0v) is 22.0. The van der Waals surface area contributed by atoms with Crippen LogP contribution in [0.3, 0.4) is 0 Å². The van der Waals surface area contributed by atoms with E-state index in [1.165, 1.54) is 0 Å². The Morgan fingerprint density at radius 3 is 0.579 bits per heavy atom. The summed E-state index contributed by atoms with van der Waals surface area (Å²) in [5.74, 6) is 3.05.